The number of nitrogens with two attached hydrogens (primary N) is 2. The van der Waals surface area contributed by atoms with Crippen LogP contribution in [0.4, 0.5) is 21.7 Å². The van der Waals surface area contributed by atoms with Crippen LogP contribution in [0.1, 0.15) is 66.1 Å². The van der Waals surface area contributed by atoms with E-state index in [1.807, 2.05) is 13.0 Å². The summed E-state index contributed by atoms with van der Waals surface area (Å²) in [4.78, 5) is 20.7. The number of nitrogens with zero attached hydrogens (tertiary/aromatic N) is 2. The monoisotopic (exact) mass is 398 g/mol. The van der Waals surface area contributed by atoms with Gasteiger partial charge in [0.2, 0.25) is 0 Å². The Morgan fingerprint density at radius 3 is 2.62 bits per heavy atom. The van der Waals surface area contributed by atoms with E-state index in [1.54, 1.807) is 6.20 Å². The van der Waals surface area contributed by atoms with E-state index in [-0.39, 0.29) is 29.3 Å². The van der Waals surface area contributed by atoms with Crippen LogP contribution in [-0.2, 0) is 0 Å². The predicted octanol–water partition coefficient (Wildman–Crippen LogP) is 3.33. The van der Waals surface area contributed by atoms with Crippen LogP contribution in [-0.4, -0.2) is 28.0 Å². The summed E-state index contributed by atoms with van der Waals surface area (Å²) in [5.74, 6) is -0.559. The Morgan fingerprint density at radius 1 is 1.17 bits per heavy atom. The minimum Gasteiger partial charge on any atom is -0.365 e. The second-order valence-corrected chi connectivity index (χ2v) is 8.08. The van der Waals surface area contributed by atoms with Crippen LogP contribution in [0.3, 0.4) is 0 Å². The number of nitrogens with one attached hydrogen (secondary N) is 2. The van der Waals surface area contributed by atoms with Gasteiger partial charge in [-0.05, 0) is 56.2 Å². The van der Waals surface area contributed by atoms with Crippen molar-refractivity contribution in [3.63, 3.8) is 0 Å². The van der Waals surface area contributed by atoms with Crippen LogP contribution in [0.2, 0.25) is 0 Å². The Morgan fingerprint density at radius 2 is 1.93 bits per heavy atom. The molecule has 0 aliphatic heterocycles. The lowest BCUT2D eigenvalue weighted by Gasteiger charge is -2.30. The van der Waals surface area contributed by atoms with Crippen molar-refractivity contribution in [1.29, 1.82) is 0 Å². The van der Waals surface area contributed by atoms with E-state index in [0.29, 0.717) is 11.6 Å². The molecule has 7 nitrogen and oxygen atoms in total. The van der Waals surface area contributed by atoms with Crippen LogP contribution in [0.15, 0.2) is 18.3 Å². The first kappa shape index (κ1) is 19.6. The summed E-state index contributed by atoms with van der Waals surface area (Å²) in [6.07, 6.45) is 7.86. The van der Waals surface area contributed by atoms with Crippen molar-refractivity contribution in [3.05, 3.63) is 41.0 Å². The van der Waals surface area contributed by atoms with Gasteiger partial charge in [-0.25, -0.2) is 9.37 Å². The molecule has 8 heteroatoms. The lowest BCUT2D eigenvalue weighted by atomic mass is 9.91. The lowest BCUT2D eigenvalue weighted by Crippen LogP contribution is -2.43. The molecule has 0 spiro atoms. The fraction of sp³-hybridized carbons (Fsp3) is 0.476. The summed E-state index contributed by atoms with van der Waals surface area (Å²) in [7, 11) is 0. The number of aromatic nitrogens is 2. The van der Waals surface area contributed by atoms with Gasteiger partial charge in [0.1, 0.15) is 5.82 Å². The Labute approximate surface area is 169 Å². The topological polar surface area (TPSA) is 119 Å². The molecule has 2 unspecified atom stereocenters. The molecule has 2 fully saturated rings. The van der Waals surface area contributed by atoms with Gasteiger partial charge in [-0.3, -0.25) is 9.78 Å². The predicted molar refractivity (Wildman–Crippen MR) is 111 cm³/mol. The number of hydrogen-bond donors (Lipinski definition) is 4. The average Bonchev–Trinajstić information content (AvgIpc) is 3.52. The zero-order valence-corrected chi connectivity index (χ0v) is 16.5. The number of aryl methyl sites for hydroxylation is 1. The maximum absolute atomic E-state index is 14.6. The number of pyridine rings is 2. The largest absolute Gasteiger partial charge is 0.365 e. The van der Waals surface area contributed by atoms with E-state index in [2.05, 4.69) is 20.6 Å². The average molecular weight is 398 g/mol. The highest BCUT2D eigenvalue weighted by molar-refractivity contribution is 5.98. The van der Waals surface area contributed by atoms with E-state index >= 15 is 0 Å². The van der Waals surface area contributed by atoms with Crippen LogP contribution in [0, 0.1) is 12.7 Å². The minimum atomic E-state index is -0.748. The standard InChI is InChI=1S/C21H27FN6O/c1-11-14(12-6-7-12)8-13(10-25-11)26-20-15(19(24)29)9-16(22)21(28-20)27-18-5-3-2-4-17(18)23/h8-10,12,17-18H,2-7,23H2,1H3,(H2,24,29)(H2,26,27,28). The molecule has 2 aromatic heterocycles. The second-order valence-electron chi connectivity index (χ2n) is 8.08. The number of carbonyl (C=O) groups is 1. The zero-order valence-electron chi connectivity index (χ0n) is 16.5. The molecule has 6 N–H and O–H groups in total. The molecule has 2 aliphatic carbocycles. The maximum Gasteiger partial charge on any atom is 0.252 e. The van der Waals surface area contributed by atoms with Gasteiger partial charge in [0.15, 0.2) is 11.6 Å². The number of rotatable bonds is 6. The number of anilines is 3. The minimum absolute atomic E-state index is 0.00506. The first-order chi connectivity index (χ1) is 13.9. The van der Waals surface area contributed by atoms with Crippen molar-refractivity contribution in [3.8, 4) is 0 Å². The highest BCUT2D eigenvalue weighted by atomic mass is 19.1. The number of carbonyl (C=O) groups excluding carboxylic acids is 1. The third-order valence-electron chi connectivity index (χ3n) is 5.79. The fourth-order valence-corrected chi connectivity index (χ4v) is 3.95. The smallest absolute Gasteiger partial charge is 0.252 e. The molecule has 2 heterocycles. The lowest BCUT2D eigenvalue weighted by molar-refractivity contribution is 0.100. The van der Waals surface area contributed by atoms with Crippen LogP contribution in [0.5, 0.6) is 0 Å². The number of hydrogen-bond acceptors (Lipinski definition) is 6. The first-order valence-electron chi connectivity index (χ1n) is 10.2. The van der Waals surface area contributed by atoms with Gasteiger partial charge < -0.3 is 22.1 Å². The number of primary amides is 1. The number of halogens is 1. The zero-order chi connectivity index (χ0) is 20.5. The molecule has 2 atom stereocenters. The normalized spacial score (nSPS) is 21.6. The molecule has 0 aromatic carbocycles. The molecule has 2 aliphatic rings. The van der Waals surface area contributed by atoms with E-state index in [1.165, 1.54) is 5.56 Å². The molecule has 0 radical (unpaired) electrons. The molecule has 154 valence electrons. The maximum atomic E-state index is 14.6. The van der Waals surface area contributed by atoms with Crippen molar-refractivity contribution in [2.75, 3.05) is 10.6 Å². The fourth-order valence-electron chi connectivity index (χ4n) is 3.95. The molecular formula is C21H27FN6O. The first-order valence-corrected chi connectivity index (χ1v) is 10.2. The summed E-state index contributed by atoms with van der Waals surface area (Å²) < 4.78 is 14.6. The second kappa shape index (κ2) is 7.94. The van der Waals surface area contributed by atoms with Gasteiger partial charge >= 0.3 is 0 Å². The van der Waals surface area contributed by atoms with Gasteiger partial charge in [-0.15, -0.1) is 0 Å². The molecule has 2 saturated carbocycles. The van der Waals surface area contributed by atoms with Gasteiger partial charge in [0, 0.05) is 17.8 Å². The van der Waals surface area contributed by atoms with Gasteiger partial charge in [-0.2, -0.15) is 0 Å². The van der Waals surface area contributed by atoms with Crippen LogP contribution < -0.4 is 22.1 Å². The quantitative estimate of drug-likeness (QED) is 0.593. The summed E-state index contributed by atoms with van der Waals surface area (Å²) in [5, 5.41) is 6.23. The van der Waals surface area contributed by atoms with Crippen LogP contribution >= 0.6 is 0 Å². The SMILES string of the molecule is Cc1ncc(Nc2nc(NC3CCCCC3N)c(F)cc2C(N)=O)cc1C1CC1. The molecule has 1 amide bonds. The molecule has 2 aromatic rings. The van der Waals surface area contributed by atoms with E-state index in [9.17, 15) is 9.18 Å². The molecule has 29 heavy (non-hydrogen) atoms. The molecule has 0 saturated heterocycles. The van der Waals surface area contributed by atoms with Crippen molar-refractivity contribution in [2.45, 2.75) is 63.5 Å². The van der Waals surface area contributed by atoms with Crippen molar-refractivity contribution >= 4 is 23.2 Å². The number of amides is 1. The van der Waals surface area contributed by atoms with E-state index in [4.69, 9.17) is 11.5 Å². The van der Waals surface area contributed by atoms with Crippen molar-refractivity contribution < 1.29 is 9.18 Å². The molecule has 4 rings (SSSR count). The third-order valence-corrected chi connectivity index (χ3v) is 5.79. The summed E-state index contributed by atoms with van der Waals surface area (Å²) in [6.45, 7) is 1.98. The van der Waals surface area contributed by atoms with Crippen molar-refractivity contribution in [1.82, 2.24) is 9.97 Å². The van der Waals surface area contributed by atoms with Gasteiger partial charge in [0.25, 0.3) is 5.91 Å². The van der Waals surface area contributed by atoms with Crippen molar-refractivity contribution in [2.24, 2.45) is 11.5 Å². The van der Waals surface area contributed by atoms with E-state index < -0.39 is 11.7 Å². The summed E-state index contributed by atoms with van der Waals surface area (Å²) in [5.41, 5.74) is 14.5. The Hall–Kier alpha value is -2.74. The van der Waals surface area contributed by atoms with E-state index in [0.717, 1.165) is 50.3 Å². The molecular weight excluding hydrogens is 371 g/mol. The van der Waals surface area contributed by atoms with Crippen LogP contribution in [0.25, 0.3) is 0 Å². The highest BCUT2D eigenvalue weighted by Gasteiger charge is 2.27. The summed E-state index contributed by atoms with van der Waals surface area (Å²) in [6, 6.07) is 3.03. The Kier molecular flexibility index (Phi) is 5.36. The summed E-state index contributed by atoms with van der Waals surface area (Å²) >= 11 is 0. The Balaban J connectivity index is 1.64. The van der Waals surface area contributed by atoms with Gasteiger partial charge in [-0.1, -0.05) is 12.8 Å². The highest BCUT2D eigenvalue weighted by Crippen LogP contribution is 2.42. The third kappa shape index (κ3) is 4.32. The Bertz CT molecular complexity index is 930. The van der Waals surface area contributed by atoms with Gasteiger partial charge in [0.05, 0.1) is 17.4 Å². The molecule has 0 bridgehead atoms.